The van der Waals surface area contributed by atoms with E-state index < -0.39 is 5.82 Å². The lowest BCUT2D eigenvalue weighted by Crippen LogP contribution is -1.97. The third kappa shape index (κ3) is 4.18. The van der Waals surface area contributed by atoms with Gasteiger partial charge in [0.1, 0.15) is 11.6 Å². The van der Waals surface area contributed by atoms with Crippen LogP contribution in [0.1, 0.15) is 21.5 Å². The van der Waals surface area contributed by atoms with Gasteiger partial charge < -0.3 is 5.11 Å². The Kier molecular flexibility index (Phi) is 5.75. The Morgan fingerprint density at radius 3 is 2.77 bits per heavy atom. The standard InChI is InChI=1S/C17H13BrClFO2/c18-14-3-4-15(20)11(10-14)1-5-16(21)12-2-6-17(22)13(9-12)7-8-19/h1-6,9-10,22H,7-8H2. The summed E-state index contributed by atoms with van der Waals surface area (Å²) in [6.45, 7) is 0. The predicted octanol–water partition coefficient (Wildman–Crippen LogP) is 4.97. The lowest BCUT2D eigenvalue weighted by atomic mass is 10.0. The number of allylic oxidation sites excluding steroid dienone is 1. The molecule has 0 saturated heterocycles. The summed E-state index contributed by atoms with van der Waals surface area (Å²) >= 11 is 8.91. The molecule has 0 atom stereocenters. The normalized spacial score (nSPS) is 11.0. The highest BCUT2D eigenvalue weighted by atomic mass is 79.9. The van der Waals surface area contributed by atoms with Gasteiger partial charge in [0.15, 0.2) is 5.78 Å². The van der Waals surface area contributed by atoms with E-state index in [1.54, 1.807) is 18.2 Å². The molecule has 2 aromatic rings. The molecule has 0 saturated carbocycles. The Balaban J connectivity index is 2.23. The number of halogens is 3. The van der Waals surface area contributed by atoms with Crippen LogP contribution >= 0.6 is 27.5 Å². The van der Waals surface area contributed by atoms with Crippen LogP contribution in [0.25, 0.3) is 6.08 Å². The Morgan fingerprint density at radius 1 is 1.27 bits per heavy atom. The molecule has 2 aromatic carbocycles. The maximum absolute atomic E-state index is 13.6. The molecule has 114 valence electrons. The van der Waals surface area contributed by atoms with E-state index in [0.29, 0.717) is 29.0 Å². The summed E-state index contributed by atoms with van der Waals surface area (Å²) in [6, 6.07) is 9.09. The highest BCUT2D eigenvalue weighted by molar-refractivity contribution is 9.10. The molecule has 0 heterocycles. The molecule has 0 amide bonds. The van der Waals surface area contributed by atoms with Crippen LogP contribution in [0.15, 0.2) is 46.9 Å². The zero-order valence-electron chi connectivity index (χ0n) is 11.5. The first-order valence-corrected chi connectivity index (χ1v) is 7.89. The van der Waals surface area contributed by atoms with E-state index in [0.717, 1.165) is 4.47 Å². The number of carbonyl (C=O) groups excluding carboxylic acids is 1. The molecule has 0 fully saturated rings. The van der Waals surface area contributed by atoms with Crippen molar-refractivity contribution in [2.75, 3.05) is 5.88 Å². The van der Waals surface area contributed by atoms with Crippen molar-refractivity contribution in [3.63, 3.8) is 0 Å². The van der Waals surface area contributed by atoms with Gasteiger partial charge in [0.05, 0.1) is 0 Å². The van der Waals surface area contributed by atoms with E-state index >= 15 is 0 Å². The topological polar surface area (TPSA) is 37.3 Å². The summed E-state index contributed by atoms with van der Waals surface area (Å²) in [7, 11) is 0. The number of carbonyl (C=O) groups is 1. The van der Waals surface area contributed by atoms with E-state index in [-0.39, 0.29) is 11.5 Å². The minimum Gasteiger partial charge on any atom is -0.508 e. The third-order valence-electron chi connectivity index (χ3n) is 3.10. The van der Waals surface area contributed by atoms with E-state index in [4.69, 9.17) is 11.6 Å². The van der Waals surface area contributed by atoms with Crippen molar-refractivity contribution in [2.24, 2.45) is 0 Å². The molecule has 5 heteroatoms. The van der Waals surface area contributed by atoms with Gasteiger partial charge in [0.2, 0.25) is 0 Å². The average molecular weight is 384 g/mol. The van der Waals surface area contributed by atoms with Gasteiger partial charge in [-0.1, -0.05) is 15.9 Å². The minimum absolute atomic E-state index is 0.110. The second kappa shape index (κ2) is 7.56. The lowest BCUT2D eigenvalue weighted by Gasteiger charge is -2.04. The summed E-state index contributed by atoms with van der Waals surface area (Å²) in [4.78, 5) is 12.1. The summed E-state index contributed by atoms with van der Waals surface area (Å²) in [6.07, 6.45) is 3.21. The van der Waals surface area contributed by atoms with Gasteiger partial charge in [-0.25, -0.2) is 4.39 Å². The van der Waals surface area contributed by atoms with Crippen LogP contribution in [0.4, 0.5) is 4.39 Å². The second-order valence-corrected chi connectivity index (χ2v) is 5.94. The fourth-order valence-electron chi connectivity index (χ4n) is 1.94. The molecule has 2 nitrogen and oxygen atoms in total. The molecule has 0 bridgehead atoms. The molecule has 0 radical (unpaired) electrons. The van der Waals surface area contributed by atoms with Gasteiger partial charge in [0, 0.05) is 21.5 Å². The molecule has 0 aliphatic carbocycles. The van der Waals surface area contributed by atoms with Crippen LogP contribution in [0.5, 0.6) is 5.75 Å². The van der Waals surface area contributed by atoms with Crippen LogP contribution in [0.2, 0.25) is 0 Å². The lowest BCUT2D eigenvalue weighted by molar-refractivity contribution is 0.104. The Hall–Kier alpha value is -1.65. The number of hydrogen-bond acceptors (Lipinski definition) is 2. The molecular weight excluding hydrogens is 371 g/mol. The van der Waals surface area contributed by atoms with Crippen LogP contribution < -0.4 is 0 Å². The van der Waals surface area contributed by atoms with E-state index in [2.05, 4.69) is 15.9 Å². The van der Waals surface area contributed by atoms with Crippen LogP contribution in [0.3, 0.4) is 0 Å². The first-order chi connectivity index (χ1) is 10.5. The molecular formula is C17H13BrClFO2. The van der Waals surface area contributed by atoms with Crippen molar-refractivity contribution in [3.8, 4) is 5.75 Å². The fourth-order valence-corrected chi connectivity index (χ4v) is 2.53. The highest BCUT2D eigenvalue weighted by Gasteiger charge is 2.07. The molecule has 1 N–H and O–H groups in total. The number of alkyl halides is 1. The maximum Gasteiger partial charge on any atom is 0.185 e. The van der Waals surface area contributed by atoms with Gasteiger partial charge in [0.25, 0.3) is 0 Å². The first-order valence-electron chi connectivity index (χ1n) is 6.56. The predicted molar refractivity (Wildman–Crippen MR) is 90.0 cm³/mol. The van der Waals surface area contributed by atoms with Gasteiger partial charge in [-0.05, 0) is 60.5 Å². The van der Waals surface area contributed by atoms with E-state index in [1.807, 2.05) is 0 Å². The van der Waals surface area contributed by atoms with Gasteiger partial charge in [-0.15, -0.1) is 11.6 Å². The molecule has 0 unspecified atom stereocenters. The summed E-state index contributed by atoms with van der Waals surface area (Å²) < 4.78 is 14.3. The zero-order valence-corrected chi connectivity index (χ0v) is 13.9. The number of ketones is 1. The van der Waals surface area contributed by atoms with Crippen molar-refractivity contribution >= 4 is 39.4 Å². The SMILES string of the molecule is O=C(C=Cc1cc(Br)ccc1F)c1ccc(O)c(CCCl)c1. The zero-order chi connectivity index (χ0) is 16.1. The quantitative estimate of drug-likeness (QED) is 0.449. The fraction of sp³-hybridized carbons (Fsp3) is 0.118. The molecule has 0 aliphatic rings. The van der Waals surface area contributed by atoms with Crippen molar-refractivity contribution < 1.29 is 14.3 Å². The molecule has 2 rings (SSSR count). The van der Waals surface area contributed by atoms with Crippen molar-refractivity contribution in [2.45, 2.75) is 6.42 Å². The molecule has 0 aliphatic heterocycles. The van der Waals surface area contributed by atoms with E-state index in [9.17, 15) is 14.3 Å². The highest BCUT2D eigenvalue weighted by Crippen LogP contribution is 2.21. The van der Waals surface area contributed by atoms with Crippen LogP contribution in [-0.4, -0.2) is 16.8 Å². The number of rotatable bonds is 5. The molecule has 0 spiro atoms. The summed E-state index contributed by atoms with van der Waals surface area (Å²) in [5.41, 5.74) is 1.36. The molecule has 22 heavy (non-hydrogen) atoms. The number of phenolic OH excluding ortho intramolecular Hbond substituents is 1. The first kappa shape index (κ1) is 16.7. The Morgan fingerprint density at radius 2 is 2.05 bits per heavy atom. The maximum atomic E-state index is 13.6. The number of phenols is 1. The molecule has 0 aromatic heterocycles. The van der Waals surface area contributed by atoms with Gasteiger partial charge in [-0.2, -0.15) is 0 Å². The number of aryl methyl sites for hydroxylation is 1. The van der Waals surface area contributed by atoms with Gasteiger partial charge >= 0.3 is 0 Å². The number of benzene rings is 2. The number of hydrogen-bond donors (Lipinski definition) is 1. The van der Waals surface area contributed by atoms with Crippen LogP contribution in [0, 0.1) is 5.82 Å². The largest absolute Gasteiger partial charge is 0.508 e. The average Bonchev–Trinajstić information content (AvgIpc) is 2.50. The monoisotopic (exact) mass is 382 g/mol. The summed E-state index contributed by atoms with van der Waals surface area (Å²) in [5, 5.41) is 9.68. The Labute approximate surface area is 141 Å². The third-order valence-corrected chi connectivity index (χ3v) is 3.78. The van der Waals surface area contributed by atoms with E-state index in [1.165, 1.54) is 30.4 Å². The Bertz CT molecular complexity index is 729. The minimum atomic E-state index is -0.402. The number of aromatic hydroxyl groups is 1. The van der Waals surface area contributed by atoms with Gasteiger partial charge in [-0.3, -0.25) is 4.79 Å². The smallest absolute Gasteiger partial charge is 0.185 e. The van der Waals surface area contributed by atoms with Crippen molar-refractivity contribution in [3.05, 3.63) is 69.5 Å². The second-order valence-electron chi connectivity index (χ2n) is 4.65. The van der Waals surface area contributed by atoms with Crippen molar-refractivity contribution in [1.82, 2.24) is 0 Å². The van der Waals surface area contributed by atoms with Crippen LogP contribution in [-0.2, 0) is 6.42 Å². The van der Waals surface area contributed by atoms with Crippen molar-refractivity contribution in [1.29, 1.82) is 0 Å². The summed E-state index contributed by atoms with van der Waals surface area (Å²) in [5.74, 6) is -0.209.